The van der Waals surface area contributed by atoms with Crippen LogP contribution in [-0.4, -0.2) is 29.0 Å². The summed E-state index contributed by atoms with van der Waals surface area (Å²) in [6, 6.07) is 19.1. The van der Waals surface area contributed by atoms with Crippen molar-refractivity contribution >= 4 is 29.0 Å². The molecule has 1 aromatic heterocycles. The van der Waals surface area contributed by atoms with Gasteiger partial charge in [0.1, 0.15) is 17.3 Å². The molecule has 0 atom stereocenters. The molecule has 0 saturated carbocycles. The number of carbonyl (C=O) groups excluding carboxylic acids is 1. The molecule has 2 aromatic carbocycles. The van der Waals surface area contributed by atoms with Crippen LogP contribution in [0.2, 0.25) is 5.02 Å². The minimum absolute atomic E-state index is 0.139. The van der Waals surface area contributed by atoms with Gasteiger partial charge in [0.05, 0.1) is 0 Å². The summed E-state index contributed by atoms with van der Waals surface area (Å²) in [4.78, 5) is 23.5. The SMILES string of the molecule is CCN(C(=O)c1cc(NCCc2ccc(Cl)cc2)nc(C)n1)c1ccccc1. The fourth-order valence-electron chi connectivity index (χ4n) is 2.94. The summed E-state index contributed by atoms with van der Waals surface area (Å²) in [6.07, 6.45) is 0.828. The van der Waals surface area contributed by atoms with Crippen molar-refractivity contribution in [3.8, 4) is 0 Å². The number of hydrogen-bond donors (Lipinski definition) is 1. The average molecular weight is 395 g/mol. The van der Waals surface area contributed by atoms with E-state index >= 15 is 0 Å². The first-order valence-corrected chi connectivity index (χ1v) is 9.65. The fourth-order valence-corrected chi connectivity index (χ4v) is 3.07. The first-order chi connectivity index (χ1) is 13.6. The van der Waals surface area contributed by atoms with Gasteiger partial charge in [0.25, 0.3) is 5.91 Å². The van der Waals surface area contributed by atoms with E-state index in [0.717, 1.165) is 17.1 Å². The van der Waals surface area contributed by atoms with Crippen LogP contribution in [0.5, 0.6) is 0 Å². The van der Waals surface area contributed by atoms with Crippen molar-refractivity contribution in [3.05, 3.63) is 82.8 Å². The van der Waals surface area contributed by atoms with Gasteiger partial charge in [0.2, 0.25) is 0 Å². The van der Waals surface area contributed by atoms with Gasteiger partial charge in [-0.1, -0.05) is 41.9 Å². The van der Waals surface area contributed by atoms with Crippen molar-refractivity contribution in [1.29, 1.82) is 0 Å². The molecular weight excluding hydrogens is 372 g/mol. The van der Waals surface area contributed by atoms with Crippen molar-refractivity contribution in [1.82, 2.24) is 9.97 Å². The van der Waals surface area contributed by atoms with E-state index in [0.29, 0.717) is 30.4 Å². The molecule has 0 bridgehead atoms. The molecule has 0 saturated heterocycles. The summed E-state index contributed by atoms with van der Waals surface area (Å²) in [5.74, 6) is 1.07. The summed E-state index contributed by atoms with van der Waals surface area (Å²) in [5.41, 5.74) is 2.41. The lowest BCUT2D eigenvalue weighted by atomic mass is 10.1. The molecule has 28 heavy (non-hydrogen) atoms. The second-order valence-electron chi connectivity index (χ2n) is 6.37. The number of halogens is 1. The van der Waals surface area contributed by atoms with Crippen molar-refractivity contribution in [2.75, 3.05) is 23.3 Å². The number of hydrogen-bond acceptors (Lipinski definition) is 4. The zero-order chi connectivity index (χ0) is 19.9. The third-order valence-corrected chi connectivity index (χ3v) is 4.57. The highest BCUT2D eigenvalue weighted by Crippen LogP contribution is 2.17. The molecule has 0 aliphatic carbocycles. The van der Waals surface area contributed by atoms with Gasteiger partial charge < -0.3 is 10.2 Å². The van der Waals surface area contributed by atoms with E-state index in [1.165, 1.54) is 5.56 Å². The maximum atomic E-state index is 13.0. The van der Waals surface area contributed by atoms with E-state index in [2.05, 4.69) is 15.3 Å². The quantitative estimate of drug-likeness (QED) is 0.627. The Morgan fingerprint density at radius 2 is 1.79 bits per heavy atom. The number of aromatic nitrogens is 2. The minimum Gasteiger partial charge on any atom is -0.370 e. The van der Waals surface area contributed by atoms with E-state index in [-0.39, 0.29) is 5.91 Å². The smallest absolute Gasteiger partial charge is 0.277 e. The number of anilines is 2. The maximum Gasteiger partial charge on any atom is 0.277 e. The minimum atomic E-state index is -0.139. The van der Waals surface area contributed by atoms with Gasteiger partial charge in [-0.05, 0) is 50.1 Å². The normalized spacial score (nSPS) is 10.5. The number of para-hydroxylation sites is 1. The zero-order valence-electron chi connectivity index (χ0n) is 16.0. The van der Waals surface area contributed by atoms with E-state index in [9.17, 15) is 4.79 Å². The monoisotopic (exact) mass is 394 g/mol. The summed E-state index contributed by atoms with van der Waals surface area (Å²) in [6.45, 7) is 5.00. The van der Waals surface area contributed by atoms with Gasteiger partial charge in [-0.2, -0.15) is 0 Å². The van der Waals surface area contributed by atoms with E-state index in [1.807, 2.05) is 61.5 Å². The van der Waals surface area contributed by atoms with Gasteiger partial charge >= 0.3 is 0 Å². The summed E-state index contributed by atoms with van der Waals surface area (Å²) < 4.78 is 0. The molecule has 0 aliphatic rings. The van der Waals surface area contributed by atoms with Crippen LogP contribution in [0.15, 0.2) is 60.7 Å². The van der Waals surface area contributed by atoms with Crippen LogP contribution in [0, 0.1) is 6.92 Å². The Kier molecular flexibility index (Phi) is 6.61. The number of amides is 1. The third kappa shape index (κ3) is 5.08. The molecule has 144 valence electrons. The number of benzene rings is 2. The molecule has 0 radical (unpaired) electrons. The number of aryl methyl sites for hydroxylation is 1. The Morgan fingerprint density at radius 3 is 2.46 bits per heavy atom. The molecular formula is C22H23ClN4O. The van der Waals surface area contributed by atoms with Crippen LogP contribution < -0.4 is 10.2 Å². The van der Waals surface area contributed by atoms with Crippen LogP contribution in [0.3, 0.4) is 0 Å². The largest absolute Gasteiger partial charge is 0.370 e. The first-order valence-electron chi connectivity index (χ1n) is 9.27. The predicted octanol–water partition coefficient (Wildman–Crippen LogP) is 4.76. The fraction of sp³-hybridized carbons (Fsp3) is 0.227. The molecule has 5 nitrogen and oxygen atoms in total. The standard InChI is InChI=1S/C22H23ClN4O/c1-3-27(19-7-5-4-6-8-19)22(28)20-15-21(26-16(2)25-20)24-14-13-17-9-11-18(23)12-10-17/h4-12,15H,3,13-14H2,1-2H3,(H,24,25,26). The zero-order valence-corrected chi connectivity index (χ0v) is 16.8. The van der Waals surface area contributed by atoms with Crippen LogP contribution in [0.1, 0.15) is 28.8 Å². The predicted molar refractivity (Wildman–Crippen MR) is 114 cm³/mol. The van der Waals surface area contributed by atoms with E-state index in [1.54, 1.807) is 17.9 Å². The van der Waals surface area contributed by atoms with Crippen molar-refractivity contribution < 1.29 is 4.79 Å². The molecule has 0 spiro atoms. The second-order valence-corrected chi connectivity index (χ2v) is 6.81. The lowest BCUT2D eigenvalue weighted by Gasteiger charge is -2.21. The molecule has 1 heterocycles. The Morgan fingerprint density at radius 1 is 1.07 bits per heavy atom. The van der Waals surface area contributed by atoms with E-state index in [4.69, 9.17) is 11.6 Å². The molecule has 3 rings (SSSR count). The summed E-state index contributed by atoms with van der Waals surface area (Å²) in [5, 5.41) is 4.01. The Labute approximate surface area is 170 Å². The molecule has 0 fully saturated rings. The van der Waals surface area contributed by atoms with Crippen molar-refractivity contribution in [2.45, 2.75) is 20.3 Å². The molecule has 0 aliphatic heterocycles. The van der Waals surface area contributed by atoms with Gasteiger partial charge in [0, 0.05) is 29.9 Å². The maximum absolute atomic E-state index is 13.0. The van der Waals surface area contributed by atoms with Gasteiger partial charge in [0.15, 0.2) is 0 Å². The summed E-state index contributed by atoms with van der Waals surface area (Å²) >= 11 is 5.92. The number of nitrogens with zero attached hydrogens (tertiary/aromatic N) is 3. The lowest BCUT2D eigenvalue weighted by Crippen LogP contribution is -2.31. The Balaban J connectivity index is 1.71. The lowest BCUT2D eigenvalue weighted by molar-refractivity contribution is 0.0983. The first kappa shape index (κ1) is 19.8. The topological polar surface area (TPSA) is 58.1 Å². The van der Waals surface area contributed by atoms with Gasteiger partial charge in [-0.15, -0.1) is 0 Å². The molecule has 6 heteroatoms. The van der Waals surface area contributed by atoms with Gasteiger partial charge in [-0.25, -0.2) is 9.97 Å². The number of rotatable bonds is 7. The van der Waals surface area contributed by atoms with Crippen molar-refractivity contribution in [3.63, 3.8) is 0 Å². The highest BCUT2D eigenvalue weighted by molar-refractivity contribution is 6.30. The second kappa shape index (κ2) is 9.33. The highest BCUT2D eigenvalue weighted by atomic mass is 35.5. The molecule has 3 aromatic rings. The van der Waals surface area contributed by atoms with Gasteiger partial charge in [-0.3, -0.25) is 4.79 Å². The summed E-state index contributed by atoms with van der Waals surface area (Å²) in [7, 11) is 0. The van der Waals surface area contributed by atoms with Crippen LogP contribution in [-0.2, 0) is 6.42 Å². The third-order valence-electron chi connectivity index (χ3n) is 4.32. The Hall–Kier alpha value is -2.92. The number of carbonyl (C=O) groups is 1. The highest BCUT2D eigenvalue weighted by Gasteiger charge is 2.18. The van der Waals surface area contributed by atoms with Crippen molar-refractivity contribution in [2.24, 2.45) is 0 Å². The number of nitrogens with one attached hydrogen (secondary N) is 1. The molecule has 0 unspecified atom stereocenters. The van der Waals surface area contributed by atoms with Crippen LogP contribution >= 0.6 is 11.6 Å². The molecule has 1 N–H and O–H groups in total. The average Bonchev–Trinajstić information content (AvgIpc) is 2.70. The van der Waals surface area contributed by atoms with Crippen LogP contribution in [0.25, 0.3) is 0 Å². The molecule has 1 amide bonds. The van der Waals surface area contributed by atoms with Crippen LogP contribution in [0.4, 0.5) is 11.5 Å². The Bertz CT molecular complexity index is 929. The van der Waals surface area contributed by atoms with E-state index < -0.39 is 0 Å².